The van der Waals surface area contributed by atoms with E-state index in [1.54, 1.807) is 6.07 Å². The van der Waals surface area contributed by atoms with Crippen molar-refractivity contribution in [1.29, 1.82) is 0 Å². The molecule has 0 saturated carbocycles. The number of carbonyl (C=O) groups is 1. The van der Waals surface area contributed by atoms with Gasteiger partial charge in [-0.1, -0.05) is 36.4 Å². The monoisotopic (exact) mass is 427 g/mol. The van der Waals surface area contributed by atoms with Gasteiger partial charge in [0.2, 0.25) is 10.0 Å². The van der Waals surface area contributed by atoms with E-state index in [1.807, 2.05) is 42.2 Å². The van der Waals surface area contributed by atoms with Crippen LogP contribution in [0.5, 0.6) is 0 Å². The molecule has 0 N–H and O–H groups in total. The van der Waals surface area contributed by atoms with Crippen LogP contribution in [0.25, 0.3) is 0 Å². The van der Waals surface area contributed by atoms with Gasteiger partial charge in [-0.3, -0.25) is 14.0 Å². The lowest BCUT2D eigenvalue weighted by atomic mass is 10.1. The standard InChI is InChI=1S/C23H29N3O3S/c1-19-9-10-21(17-22(19)26-11-5-6-16-30(26,28)29)23(27)25-14-12-24(13-15-25)18-20-7-3-2-4-8-20/h2-4,7-10,17H,5-6,11-16,18H2,1H3. The first-order valence-electron chi connectivity index (χ1n) is 10.6. The van der Waals surface area contributed by atoms with Gasteiger partial charge in [0.15, 0.2) is 0 Å². The third-order valence-electron chi connectivity index (χ3n) is 5.98. The lowest BCUT2D eigenvalue weighted by molar-refractivity contribution is 0.0628. The first-order valence-corrected chi connectivity index (χ1v) is 12.2. The first-order chi connectivity index (χ1) is 14.4. The number of piperazine rings is 1. The van der Waals surface area contributed by atoms with Crippen molar-refractivity contribution in [3.05, 3.63) is 65.2 Å². The summed E-state index contributed by atoms with van der Waals surface area (Å²) in [4.78, 5) is 17.3. The summed E-state index contributed by atoms with van der Waals surface area (Å²) in [6.45, 7) is 6.30. The molecule has 4 rings (SSSR count). The van der Waals surface area contributed by atoms with Crippen molar-refractivity contribution in [2.75, 3.05) is 42.8 Å². The van der Waals surface area contributed by atoms with E-state index in [2.05, 4.69) is 17.0 Å². The summed E-state index contributed by atoms with van der Waals surface area (Å²) in [7, 11) is -3.30. The summed E-state index contributed by atoms with van der Waals surface area (Å²) in [5.74, 6) is 0.151. The van der Waals surface area contributed by atoms with Gasteiger partial charge in [-0.05, 0) is 43.0 Å². The molecule has 0 aromatic heterocycles. The molecule has 1 amide bonds. The van der Waals surface area contributed by atoms with E-state index in [4.69, 9.17) is 0 Å². The highest BCUT2D eigenvalue weighted by Crippen LogP contribution is 2.28. The molecule has 6 nitrogen and oxygen atoms in total. The second kappa shape index (κ2) is 8.78. The number of carbonyl (C=O) groups excluding carboxylic acids is 1. The Kier molecular flexibility index (Phi) is 6.11. The molecule has 2 aliphatic heterocycles. The largest absolute Gasteiger partial charge is 0.336 e. The Labute approximate surface area is 179 Å². The summed E-state index contributed by atoms with van der Waals surface area (Å²) in [6, 6.07) is 15.8. The zero-order valence-electron chi connectivity index (χ0n) is 17.5. The van der Waals surface area contributed by atoms with Crippen molar-refractivity contribution in [3.8, 4) is 0 Å². The van der Waals surface area contributed by atoms with Crippen LogP contribution >= 0.6 is 0 Å². The molecule has 0 atom stereocenters. The van der Waals surface area contributed by atoms with Crippen LogP contribution in [0, 0.1) is 6.92 Å². The molecule has 0 aliphatic carbocycles. The molecular formula is C23H29N3O3S. The van der Waals surface area contributed by atoms with E-state index in [1.165, 1.54) is 9.87 Å². The maximum absolute atomic E-state index is 13.1. The summed E-state index contributed by atoms with van der Waals surface area (Å²) >= 11 is 0. The van der Waals surface area contributed by atoms with Crippen LogP contribution in [0.2, 0.25) is 0 Å². The third kappa shape index (κ3) is 4.52. The number of nitrogens with zero attached hydrogens (tertiary/aromatic N) is 3. The second-order valence-electron chi connectivity index (χ2n) is 8.15. The van der Waals surface area contributed by atoms with Crippen molar-refractivity contribution in [2.45, 2.75) is 26.3 Å². The number of sulfonamides is 1. The van der Waals surface area contributed by atoms with E-state index in [-0.39, 0.29) is 11.7 Å². The van der Waals surface area contributed by atoms with Gasteiger partial charge >= 0.3 is 0 Å². The summed E-state index contributed by atoms with van der Waals surface area (Å²) in [5.41, 5.74) is 3.36. The highest BCUT2D eigenvalue weighted by molar-refractivity contribution is 7.92. The van der Waals surface area contributed by atoms with E-state index < -0.39 is 10.0 Å². The predicted octanol–water partition coefficient (Wildman–Crippen LogP) is 2.88. The molecule has 0 radical (unpaired) electrons. The van der Waals surface area contributed by atoms with Crippen LogP contribution in [-0.4, -0.2) is 62.6 Å². The zero-order chi connectivity index (χ0) is 21.1. The lowest BCUT2D eigenvalue weighted by Gasteiger charge is -2.35. The van der Waals surface area contributed by atoms with Gasteiger partial charge in [-0.25, -0.2) is 8.42 Å². The Morgan fingerprint density at radius 2 is 1.67 bits per heavy atom. The van der Waals surface area contributed by atoms with Crippen molar-refractivity contribution in [2.24, 2.45) is 0 Å². The average Bonchev–Trinajstić information content (AvgIpc) is 2.75. The number of amides is 1. The molecule has 2 aliphatic rings. The van der Waals surface area contributed by atoms with Gasteiger partial charge in [-0.2, -0.15) is 0 Å². The number of anilines is 1. The Hall–Kier alpha value is -2.38. The Balaban J connectivity index is 1.44. The number of hydrogen-bond acceptors (Lipinski definition) is 4. The fraction of sp³-hybridized carbons (Fsp3) is 0.435. The van der Waals surface area contributed by atoms with Crippen molar-refractivity contribution < 1.29 is 13.2 Å². The van der Waals surface area contributed by atoms with Gasteiger partial charge in [0, 0.05) is 44.8 Å². The molecule has 30 heavy (non-hydrogen) atoms. The van der Waals surface area contributed by atoms with Gasteiger partial charge in [0.25, 0.3) is 5.91 Å². The number of aryl methyl sites for hydroxylation is 1. The van der Waals surface area contributed by atoms with Gasteiger partial charge < -0.3 is 4.90 Å². The van der Waals surface area contributed by atoms with Crippen molar-refractivity contribution >= 4 is 21.6 Å². The minimum atomic E-state index is -3.30. The van der Waals surface area contributed by atoms with Crippen LogP contribution in [0.3, 0.4) is 0 Å². The second-order valence-corrected chi connectivity index (χ2v) is 10.2. The first kappa shape index (κ1) is 20.9. The SMILES string of the molecule is Cc1ccc(C(=O)N2CCN(Cc3ccccc3)CC2)cc1N1CCCCS1(=O)=O. The molecule has 0 unspecified atom stereocenters. The normalized spacial score (nSPS) is 19.6. The highest BCUT2D eigenvalue weighted by Gasteiger charge is 2.28. The molecule has 2 heterocycles. The molecule has 0 spiro atoms. The van der Waals surface area contributed by atoms with E-state index in [0.29, 0.717) is 37.3 Å². The molecule has 2 fully saturated rings. The van der Waals surface area contributed by atoms with Crippen LogP contribution in [0.15, 0.2) is 48.5 Å². The lowest BCUT2D eigenvalue weighted by Crippen LogP contribution is -2.48. The van der Waals surface area contributed by atoms with Crippen molar-refractivity contribution in [1.82, 2.24) is 9.80 Å². The maximum Gasteiger partial charge on any atom is 0.254 e. The van der Waals surface area contributed by atoms with Crippen LogP contribution < -0.4 is 4.31 Å². The Morgan fingerprint density at radius 1 is 0.933 bits per heavy atom. The fourth-order valence-corrected chi connectivity index (χ4v) is 5.90. The quantitative estimate of drug-likeness (QED) is 0.753. The molecule has 160 valence electrons. The predicted molar refractivity (Wildman–Crippen MR) is 119 cm³/mol. The van der Waals surface area contributed by atoms with Crippen LogP contribution in [0.4, 0.5) is 5.69 Å². The molecule has 7 heteroatoms. The van der Waals surface area contributed by atoms with Gasteiger partial charge in [-0.15, -0.1) is 0 Å². The highest BCUT2D eigenvalue weighted by atomic mass is 32.2. The summed E-state index contributed by atoms with van der Waals surface area (Å²) in [5, 5.41) is 0. The van der Waals surface area contributed by atoms with Crippen LogP contribution in [0.1, 0.15) is 34.3 Å². The number of benzene rings is 2. The minimum absolute atomic E-state index is 0.0231. The van der Waals surface area contributed by atoms with Gasteiger partial charge in [0.05, 0.1) is 11.4 Å². The third-order valence-corrected chi connectivity index (χ3v) is 7.84. The van der Waals surface area contributed by atoms with Crippen LogP contribution in [-0.2, 0) is 16.6 Å². The zero-order valence-corrected chi connectivity index (χ0v) is 18.3. The molecule has 2 aromatic carbocycles. The Bertz CT molecular complexity index is 1000. The van der Waals surface area contributed by atoms with E-state index in [9.17, 15) is 13.2 Å². The Morgan fingerprint density at radius 3 is 2.37 bits per heavy atom. The molecular weight excluding hydrogens is 398 g/mol. The topological polar surface area (TPSA) is 60.9 Å². The summed E-state index contributed by atoms with van der Waals surface area (Å²) in [6.07, 6.45) is 1.55. The molecule has 2 aromatic rings. The minimum Gasteiger partial charge on any atom is -0.336 e. The number of rotatable bonds is 4. The maximum atomic E-state index is 13.1. The fourth-order valence-electron chi connectivity index (χ4n) is 4.20. The summed E-state index contributed by atoms with van der Waals surface area (Å²) < 4.78 is 26.5. The molecule has 2 saturated heterocycles. The van der Waals surface area contributed by atoms with E-state index >= 15 is 0 Å². The van der Waals surface area contributed by atoms with E-state index in [0.717, 1.165) is 31.6 Å². The molecule has 0 bridgehead atoms. The van der Waals surface area contributed by atoms with Crippen molar-refractivity contribution in [3.63, 3.8) is 0 Å². The smallest absolute Gasteiger partial charge is 0.254 e. The van der Waals surface area contributed by atoms with Gasteiger partial charge in [0.1, 0.15) is 0 Å². The number of hydrogen-bond donors (Lipinski definition) is 0. The average molecular weight is 428 g/mol.